The molecule has 1 N–H and O–H groups in total. The molecule has 0 saturated heterocycles. The average molecular weight is 417 g/mol. The Hall–Kier alpha value is -3.81. The highest BCUT2D eigenvalue weighted by Gasteiger charge is 2.16. The lowest BCUT2D eigenvalue weighted by atomic mass is 10.1. The molecule has 31 heavy (non-hydrogen) atoms. The van der Waals surface area contributed by atoms with Crippen LogP contribution in [0.25, 0.3) is 21.5 Å². The number of hydrogen-bond acceptors (Lipinski definition) is 5. The molecule has 4 rings (SSSR count). The van der Waals surface area contributed by atoms with E-state index in [2.05, 4.69) is 15.5 Å². The first-order valence-corrected chi connectivity index (χ1v) is 10.2. The van der Waals surface area contributed by atoms with Crippen LogP contribution in [0.4, 0.5) is 0 Å². The van der Waals surface area contributed by atoms with Crippen molar-refractivity contribution in [2.45, 2.75) is 39.4 Å². The molecule has 0 aliphatic carbocycles. The summed E-state index contributed by atoms with van der Waals surface area (Å²) in [7, 11) is 0. The number of aryl methyl sites for hydroxylation is 1. The van der Waals surface area contributed by atoms with Gasteiger partial charge in [-0.3, -0.25) is 14.4 Å². The Morgan fingerprint density at radius 3 is 2.35 bits per heavy atom. The third-order valence-corrected chi connectivity index (χ3v) is 5.36. The van der Waals surface area contributed by atoms with Gasteiger partial charge in [0.1, 0.15) is 6.54 Å². The molecule has 0 aliphatic rings. The summed E-state index contributed by atoms with van der Waals surface area (Å²) in [6.45, 7) is 3.77. The second-order valence-corrected chi connectivity index (χ2v) is 7.49. The highest BCUT2D eigenvalue weighted by Crippen LogP contribution is 2.11. The number of benzene rings is 2. The van der Waals surface area contributed by atoms with E-state index in [4.69, 9.17) is 0 Å². The molecule has 0 aliphatic heterocycles. The van der Waals surface area contributed by atoms with Crippen LogP contribution in [0.15, 0.2) is 64.3 Å². The summed E-state index contributed by atoms with van der Waals surface area (Å²) in [5.74, 6) is -0.343. The fraction of sp³-hybridized carbons (Fsp3) is 0.261. The van der Waals surface area contributed by atoms with Crippen LogP contribution >= 0.6 is 0 Å². The van der Waals surface area contributed by atoms with Gasteiger partial charge in [-0.1, -0.05) is 43.3 Å². The first kappa shape index (κ1) is 20.5. The smallest absolute Gasteiger partial charge is 0.275 e. The summed E-state index contributed by atoms with van der Waals surface area (Å²) >= 11 is 0. The van der Waals surface area contributed by atoms with Crippen LogP contribution in [0, 0.1) is 6.92 Å². The first-order valence-electron chi connectivity index (χ1n) is 10.2. The minimum absolute atomic E-state index is 0.193. The van der Waals surface area contributed by atoms with Crippen LogP contribution < -0.4 is 16.4 Å². The second-order valence-electron chi connectivity index (χ2n) is 7.49. The first-order chi connectivity index (χ1) is 15.0. The normalized spacial score (nSPS) is 12.2. The van der Waals surface area contributed by atoms with Crippen LogP contribution in [0.5, 0.6) is 0 Å². The Morgan fingerprint density at radius 2 is 1.61 bits per heavy atom. The lowest BCUT2D eigenvalue weighted by Gasteiger charge is -2.18. The third-order valence-electron chi connectivity index (χ3n) is 5.36. The van der Waals surface area contributed by atoms with E-state index < -0.39 is 0 Å². The molecule has 0 unspecified atom stereocenters. The number of hydrogen-bond donors (Lipinski definition) is 1. The SMILES string of the molecule is CC[C@H](Cn1ncc2ccccc2c1=O)NC(=O)Cn1nc(C)c2ccccc2c1=O. The number of aromatic nitrogens is 4. The van der Waals surface area contributed by atoms with Crippen LogP contribution in [0.1, 0.15) is 19.0 Å². The van der Waals surface area contributed by atoms with Crippen LogP contribution in [-0.2, 0) is 17.9 Å². The molecule has 1 amide bonds. The van der Waals surface area contributed by atoms with Gasteiger partial charge in [0.15, 0.2) is 0 Å². The maximum Gasteiger partial charge on any atom is 0.275 e. The quantitative estimate of drug-likeness (QED) is 0.517. The van der Waals surface area contributed by atoms with Crippen LogP contribution in [0.3, 0.4) is 0 Å². The molecule has 158 valence electrons. The molecule has 2 aromatic heterocycles. The Morgan fingerprint density at radius 1 is 0.968 bits per heavy atom. The summed E-state index contributed by atoms with van der Waals surface area (Å²) in [6, 6.07) is 14.2. The number of nitrogens with zero attached hydrogens (tertiary/aromatic N) is 4. The highest BCUT2D eigenvalue weighted by atomic mass is 16.2. The molecule has 1 atom stereocenters. The van der Waals surface area contributed by atoms with Crippen molar-refractivity contribution >= 4 is 27.5 Å². The van der Waals surface area contributed by atoms with E-state index in [1.165, 1.54) is 9.36 Å². The fourth-order valence-corrected chi connectivity index (χ4v) is 3.66. The molecule has 2 aromatic carbocycles. The summed E-state index contributed by atoms with van der Waals surface area (Å²) in [5.41, 5.74) is 0.174. The minimum atomic E-state index is -0.343. The molecular formula is C23H23N5O3. The Kier molecular flexibility index (Phi) is 5.62. The summed E-state index contributed by atoms with van der Waals surface area (Å²) < 4.78 is 2.54. The second kappa shape index (κ2) is 8.51. The topological polar surface area (TPSA) is 98.9 Å². The van der Waals surface area contributed by atoms with E-state index in [-0.39, 0.29) is 36.2 Å². The van der Waals surface area contributed by atoms with Crippen molar-refractivity contribution in [2.75, 3.05) is 0 Å². The summed E-state index contributed by atoms with van der Waals surface area (Å²) in [6.07, 6.45) is 2.25. The molecule has 4 aromatic rings. The maximum atomic E-state index is 12.7. The van der Waals surface area contributed by atoms with E-state index >= 15 is 0 Å². The van der Waals surface area contributed by atoms with Crippen molar-refractivity contribution in [3.8, 4) is 0 Å². The number of amides is 1. The predicted molar refractivity (Wildman–Crippen MR) is 119 cm³/mol. The predicted octanol–water partition coefficient (Wildman–Crippen LogP) is 2.01. The molecule has 0 bridgehead atoms. The zero-order valence-corrected chi connectivity index (χ0v) is 17.4. The Balaban J connectivity index is 1.52. The molecule has 0 saturated carbocycles. The maximum absolute atomic E-state index is 12.7. The molecule has 8 heteroatoms. The molecule has 0 spiro atoms. The molecular weight excluding hydrogens is 394 g/mol. The van der Waals surface area contributed by atoms with Crippen molar-refractivity contribution < 1.29 is 4.79 Å². The van der Waals surface area contributed by atoms with Crippen molar-refractivity contribution in [3.05, 3.63) is 81.1 Å². The number of nitrogens with one attached hydrogen (secondary N) is 1. The fourth-order valence-electron chi connectivity index (χ4n) is 3.66. The molecule has 0 radical (unpaired) electrons. The zero-order valence-electron chi connectivity index (χ0n) is 17.4. The van der Waals surface area contributed by atoms with Crippen molar-refractivity contribution in [3.63, 3.8) is 0 Å². The number of carbonyl (C=O) groups is 1. The van der Waals surface area contributed by atoms with Crippen LogP contribution in [0.2, 0.25) is 0 Å². The van der Waals surface area contributed by atoms with Gasteiger partial charge < -0.3 is 5.32 Å². The van der Waals surface area contributed by atoms with Gasteiger partial charge in [-0.05, 0) is 25.5 Å². The Labute approximate surface area is 178 Å². The van der Waals surface area contributed by atoms with Gasteiger partial charge in [-0.25, -0.2) is 9.36 Å². The molecule has 2 heterocycles. The largest absolute Gasteiger partial charge is 0.350 e. The van der Waals surface area contributed by atoms with Gasteiger partial charge in [0.05, 0.1) is 29.2 Å². The van der Waals surface area contributed by atoms with Crippen molar-refractivity contribution in [1.82, 2.24) is 24.9 Å². The lowest BCUT2D eigenvalue weighted by Crippen LogP contribution is -2.43. The molecule has 8 nitrogen and oxygen atoms in total. The monoisotopic (exact) mass is 417 g/mol. The van der Waals surface area contributed by atoms with Crippen molar-refractivity contribution in [1.29, 1.82) is 0 Å². The van der Waals surface area contributed by atoms with E-state index in [9.17, 15) is 14.4 Å². The van der Waals surface area contributed by atoms with Crippen LogP contribution in [-0.4, -0.2) is 31.5 Å². The number of fused-ring (bicyclic) bond motifs is 2. The van der Waals surface area contributed by atoms with Gasteiger partial charge in [0, 0.05) is 16.8 Å². The highest BCUT2D eigenvalue weighted by molar-refractivity contribution is 5.84. The standard InChI is InChI=1S/C23H23N5O3/c1-3-17(13-27-22(30)19-10-5-4-8-16(19)12-24-27)25-21(29)14-28-23(31)20-11-7-6-9-18(20)15(2)26-28/h4-12,17H,3,13-14H2,1-2H3,(H,25,29)/t17-/m1/s1. The van der Waals surface area contributed by atoms with E-state index in [0.717, 1.165) is 10.8 Å². The van der Waals surface area contributed by atoms with Gasteiger partial charge in [-0.15, -0.1) is 0 Å². The van der Waals surface area contributed by atoms with Gasteiger partial charge >= 0.3 is 0 Å². The van der Waals surface area contributed by atoms with Gasteiger partial charge in [0.25, 0.3) is 11.1 Å². The van der Waals surface area contributed by atoms with E-state index in [1.54, 1.807) is 24.4 Å². The number of rotatable bonds is 6. The third kappa shape index (κ3) is 4.09. The van der Waals surface area contributed by atoms with Gasteiger partial charge in [-0.2, -0.15) is 10.2 Å². The lowest BCUT2D eigenvalue weighted by molar-refractivity contribution is -0.122. The molecule has 0 fully saturated rings. The average Bonchev–Trinajstić information content (AvgIpc) is 2.78. The Bertz CT molecular complexity index is 1390. The van der Waals surface area contributed by atoms with E-state index in [0.29, 0.717) is 22.9 Å². The summed E-state index contributed by atoms with van der Waals surface area (Å²) in [4.78, 5) is 38.0. The minimum Gasteiger partial charge on any atom is -0.350 e. The van der Waals surface area contributed by atoms with Gasteiger partial charge in [0.2, 0.25) is 5.91 Å². The number of carbonyl (C=O) groups excluding carboxylic acids is 1. The van der Waals surface area contributed by atoms with Crippen molar-refractivity contribution in [2.24, 2.45) is 0 Å². The van der Waals surface area contributed by atoms with E-state index in [1.807, 2.05) is 44.2 Å². The zero-order chi connectivity index (χ0) is 22.0. The summed E-state index contributed by atoms with van der Waals surface area (Å²) in [5, 5.41) is 14.1.